The fourth-order valence-electron chi connectivity index (χ4n) is 3.26. The van der Waals surface area contributed by atoms with Gasteiger partial charge in [0.1, 0.15) is 0 Å². The van der Waals surface area contributed by atoms with Gasteiger partial charge in [0, 0.05) is 31.7 Å². The van der Waals surface area contributed by atoms with Gasteiger partial charge in [-0.05, 0) is 46.5 Å². The molecule has 0 radical (unpaired) electrons. The molecule has 1 rings (SSSR count). The van der Waals surface area contributed by atoms with Crippen LogP contribution in [0.2, 0.25) is 0 Å². The fraction of sp³-hybridized carbons (Fsp3) is 1.00. The van der Waals surface area contributed by atoms with Crippen LogP contribution in [0.5, 0.6) is 0 Å². The van der Waals surface area contributed by atoms with Crippen LogP contribution in [-0.2, 0) is 4.74 Å². The molecule has 1 heterocycles. The van der Waals surface area contributed by atoms with Gasteiger partial charge in [0.15, 0.2) is 0 Å². The minimum Gasteiger partial charge on any atom is -0.373 e. The largest absolute Gasteiger partial charge is 0.373 e. The Bertz CT molecular complexity index is 277. The van der Waals surface area contributed by atoms with Gasteiger partial charge in [0.25, 0.3) is 0 Å². The zero-order chi connectivity index (χ0) is 15.4. The lowest BCUT2D eigenvalue weighted by molar-refractivity contribution is -0.0774. The number of hydrogen-bond acceptors (Lipinski definition) is 3. The second-order valence-corrected chi connectivity index (χ2v) is 8.12. The Morgan fingerprint density at radius 3 is 2.10 bits per heavy atom. The smallest absolute Gasteiger partial charge is 0.0678 e. The topological polar surface area (TPSA) is 24.5 Å². The predicted molar refractivity (Wildman–Crippen MR) is 87.2 cm³/mol. The van der Waals surface area contributed by atoms with Crippen molar-refractivity contribution in [2.75, 3.05) is 26.2 Å². The van der Waals surface area contributed by atoms with E-state index in [0.717, 1.165) is 19.6 Å². The maximum atomic E-state index is 5.85. The molecule has 1 aliphatic rings. The summed E-state index contributed by atoms with van der Waals surface area (Å²) >= 11 is 0. The lowest BCUT2D eigenvalue weighted by Gasteiger charge is -2.42. The number of morpholine rings is 1. The minimum atomic E-state index is 0.195. The Kier molecular flexibility index (Phi) is 6.49. The Morgan fingerprint density at radius 1 is 1.10 bits per heavy atom. The minimum absolute atomic E-state index is 0.195. The van der Waals surface area contributed by atoms with E-state index in [1.54, 1.807) is 0 Å². The summed E-state index contributed by atoms with van der Waals surface area (Å²) in [5.41, 5.74) is 0.541. The van der Waals surface area contributed by atoms with Gasteiger partial charge in [-0.1, -0.05) is 20.3 Å². The van der Waals surface area contributed by atoms with Crippen LogP contribution >= 0.6 is 0 Å². The highest BCUT2D eigenvalue weighted by Crippen LogP contribution is 2.26. The highest BCUT2D eigenvalue weighted by molar-refractivity contribution is 4.86. The molecule has 120 valence electrons. The Balaban J connectivity index is 2.60. The Hall–Kier alpha value is -0.120. The lowest BCUT2D eigenvalue weighted by Crippen LogP contribution is -2.52. The van der Waals surface area contributed by atoms with Gasteiger partial charge in [-0.3, -0.25) is 4.90 Å². The summed E-state index contributed by atoms with van der Waals surface area (Å²) in [4.78, 5) is 2.60. The van der Waals surface area contributed by atoms with Crippen molar-refractivity contribution in [2.24, 2.45) is 5.41 Å². The predicted octanol–water partition coefficient (Wildman–Crippen LogP) is 3.29. The third-order valence-corrected chi connectivity index (χ3v) is 4.00. The normalized spacial score (nSPS) is 28.4. The maximum Gasteiger partial charge on any atom is 0.0678 e. The van der Waals surface area contributed by atoms with E-state index in [4.69, 9.17) is 4.74 Å². The summed E-state index contributed by atoms with van der Waals surface area (Å²) in [7, 11) is 0. The van der Waals surface area contributed by atoms with E-state index in [1.807, 2.05) is 0 Å². The summed E-state index contributed by atoms with van der Waals surface area (Å²) in [5, 5.41) is 3.70. The molecule has 0 spiro atoms. The molecule has 20 heavy (non-hydrogen) atoms. The van der Waals surface area contributed by atoms with E-state index in [-0.39, 0.29) is 5.54 Å². The monoisotopic (exact) mass is 284 g/mol. The van der Waals surface area contributed by atoms with Gasteiger partial charge in [-0.15, -0.1) is 0 Å². The summed E-state index contributed by atoms with van der Waals surface area (Å²) in [6.07, 6.45) is 3.24. The second-order valence-electron chi connectivity index (χ2n) is 8.12. The summed E-state index contributed by atoms with van der Waals surface area (Å²) in [6.45, 7) is 20.2. The zero-order valence-electron chi connectivity index (χ0n) is 14.8. The SMILES string of the molecule is CCCC(C)(CNC(C)(C)C)CN1CC(C)OC(C)C1. The van der Waals surface area contributed by atoms with Crippen molar-refractivity contribution in [3.05, 3.63) is 0 Å². The molecule has 1 saturated heterocycles. The molecule has 1 fully saturated rings. The van der Waals surface area contributed by atoms with Crippen molar-refractivity contribution in [1.82, 2.24) is 10.2 Å². The van der Waals surface area contributed by atoms with Crippen LogP contribution in [0.25, 0.3) is 0 Å². The molecule has 3 unspecified atom stereocenters. The molecule has 0 aliphatic carbocycles. The molecule has 0 aromatic carbocycles. The van der Waals surface area contributed by atoms with Crippen molar-refractivity contribution < 1.29 is 4.74 Å². The van der Waals surface area contributed by atoms with Gasteiger partial charge >= 0.3 is 0 Å². The first-order valence-electron chi connectivity index (χ1n) is 8.26. The van der Waals surface area contributed by atoms with Crippen LogP contribution in [0.3, 0.4) is 0 Å². The van der Waals surface area contributed by atoms with Crippen LogP contribution in [-0.4, -0.2) is 48.8 Å². The Labute approximate surface area is 126 Å². The molecule has 3 heteroatoms. The average Bonchev–Trinajstić information content (AvgIpc) is 2.24. The van der Waals surface area contributed by atoms with Crippen LogP contribution in [0.4, 0.5) is 0 Å². The summed E-state index contributed by atoms with van der Waals surface area (Å²) < 4.78 is 5.85. The van der Waals surface area contributed by atoms with Crippen LogP contribution in [0, 0.1) is 5.41 Å². The molecule has 0 saturated carbocycles. The first-order valence-corrected chi connectivity index (χ1v) is 8.26. The van der Waals surface area contributed by atoms with Crippen molar-refractivity contribution >= 4 is 0 Å². The lowest BCUT2D eigenvalue weighted by atomic mass is 9.83. The van der Waals surface area contributed by atoms with E-state index < -0.39 is 0 Å². The number of ether oxygens (including phenoxy) is 1. The van der Waals surface area contributed by atoms with Crippen molar-refractivity contribution in [3.8, 4) is 0 Å². The maximum absolute atomic E-state index is 5.85. The number of hydrogen-bond donors (Lipinski definition) is 1. The third kappa shape index (κ3) is 6.55. The highest BCUT2D eigenvalue weighted by Gasteiger charge is 2.31. The standard InChI is InChI=1S/C17H36N2O/c1-8-9-17(7,12-18-16(4,5)6)13-19-10-14(2)20-15(3)11-19/h14-15,18H,8-13H2,1-7H3. The average molecular weight is 284 g/mol. The van der Waals surface area contributed by atoms with Gasteiger partial charge < -0.3 is 10.1 Å². The Morgan fingerprint density at radius 2 is 1.65 bits per heavy atom. The van der Waals surface area contributed by atoms with Crippen LogP contribution in [0.1, 0.15) is 61.3 Å². The van der Waals surface area contributed by atoms with E-state index in [0.29, 0.717) is 17.6 Å². The first kappa shape index (κ1) is 17.9. The molecule has 3 nitrogen and oxygen atoms in total. The van der Waals surface area contributed by atoms with Crippen LogP contribution < -0.4 is 5.32 Å². The van der Waals surface area contributed by atoms with Crippen molar-refractivity contribution in [3.63, 3.8) is 0 Å². The van der Waals surface area contributed by atoms with E-state index in [9.17, 15) is 0 Å². The van der Waals surface area contributed by atoms with E-state index >= 15 is 0 Å². The molecular weight excluding hydrogens is 248 g/mol. The van der Waals surface area contributed by atoms with Crippen molar-refractivity contribution in [2.45, 2.75) is 79.1 Å². The molecular formula is C17H36N2O. The summed E-state index contributed by atoms with van der Waals surface area (Å²) in [5.74, 6) is 0. The molecule has 1 aliphatic heterocycles. The fourth-order valence-corrected chi connectivity index (χ4v) is 3.26. The van der Waals surface area contributed by atoms with Crippen LogP contribution in [0.15, 0.2) is 0 Å². The van der Waals surface area contributed by atoms with Gasteiger partial charge in [-0.2, -0.15) is 0 Å². The molecule has 0 aromatic rings. The number of nitrogens with one attached hydrogen (secondary N) is 1. The third-order valence-electron chi connectivity index (χ3n) is 4.00. The molecule has 3 atom stereocenters. The molecule has 0 amide bonds. The van der Waals surface area contributed by atoms with Gasteiger partial charge in [0.2, 0.25) is 0 Å². The quantitative estimate of drug-likeness (QED) is 0.810. The number of nitrogens with zero attached hydrogens (tertiary/aromatic N) is 1. The molecule has 0 aromatic heterocycles. The van der Waals surface area contributed by atoms with Crippen molar-refractivity contribution in [1.29, 1.82) is 0 Å². The molecule has 1 N–H and O–H groups in total. The van der Waals surface area contributed by atoms with E-state index in [2.05, 4.69) is 58.7 Å². The first-order chi connectivity index (χ1) is 9.13. The van der Waals surface area contributed by atoms with Gasteiger partial charge in [-0.25, -0.2) is 0 Å². The molecule has 0 bridgehead atoms. The van der Waals surface area contributed by atoms with E-state index in [1.165, 1.54) is 19.4 Å². The second kappa shape index (κ2) is 7.24. The summed E-state index contributed by atoms with van der Waals surface area (Å²) in [6, 6.07) is 0. The zero-order valence-corrected chi connectivity index (χ0v) is 14.8. The highest BCUT2D eigenvalue weighted by atomic mass is 16.5. The number of rotatable bonds is 6. The van der Waals surface area contributed by atoms with Gasteiger partial charge in [0.05, 0.1) is 12.2 Å².